The Morgan fingerprint density at radius 3 is 2.69 bits per heavy atom. The third-order valence-electron chi connectivity index (χ3n) is 5.26. The van der Waals surface area contributed by atoms with E-state index >= 15 is 0 Å². The molecule has 1 aromatic carbocycles. The van der Waals surface area contributed by atoms with E-state index in [2.05, 4.69) is 5.32 Å². The van der Waals surface area contributed by atoms with E-state index in [0.717, 1.165) is 6.07 Å². The summed E-state index contributed by atoms with van der Waals surface area (Å²) in [5, 5.41) is 2.25. The molecule has 2 aliphatic rings. The molecule has 0 aliphatic carbocycles. The van der Waals surface area contributed by atoms with Crippen molar-refractivity contribution in [1.29, 1.82) is 0 Å². The number of hydrogen-bond donors (Lipinski definition) is 1. The number of benzene rings is 1. The molecule has 2 saturated heterocycles. The van der Waals surface area contributed by atoms with Gasteiger partial charge in [0, 0.05) is 18.7 Å². The third-order valence-corrected chi connectivity index (χ3v) is 6.77. The highest BCUT2D eigenvalue weighted by atomic mass is 32.2. The van der Waals surface area contributed by atoms with Gasteiger partial charge in [0.05, 0.1) is 22.7 Å². The van der Waals surface area contributed by atoms with Crippen molar-refractivity contribution < 1.29 is 27.6 Å². The van der Waals surface area contributed by atoms with Gasteiger partial charge in [-0.25, -0.2) is 0 Å². The average molecular weight is 429 g/mol. The summed E-state index contributed by atoms with van der Waals surface area (Å²) in [5.41, 5.74) is -1.31. The number of halogens is 3. The molecule has 2 atom stereocenters. The lowest BCUT2D eigenvalue weighted by Crippen LogP contribution is -2.52. The van der Waals surface area contributed by atoms with Crippen LogP contribution in [0.2, 0.25) is 0 Å². The minimum absolute atomic E-state index is 0.0875. The van der Waals surface area contributed by atoms with Crippen LogP contribution in [-0.2, 0) is 20.6 Å². The quantitative estimate of drug-likeness (QED) is 0.782. The van der Waals surface area contributed by atoms with E-state index in [4.69, 9.17) is 0 Å². The Kier molecular flexibility index (Phi) is 5.84. The molecular formula is C19H22F3N3O3S. The summed E-state index contributed by atoms with van der Waals surface area (Å²) in [5.74, 6) is -0.734. The first-order chi connectivity index (χ1) is 13.6. The van der Waals surface area contributed by atoms with E-state index in [1.165, 1.54) is 23.1 Å². The van der Waals surface area contributed by atoms with E-state index in [-0.39, 0.29) is 30.6 Å². The van der Waals surface area contributed by atoms with Gasteiger partial charge in [-0.1, -0.05) is 12.1 Å². The van der Waals surface area contributed by atoms with Gasteiger partial charge in [-0.3, -0.25) is 14.4 Å². The Morgan fingerprint density at radius 1 is 1.34 bits per heavy atom. The summed E-state index contributed by atoms with van der Waals surface area (Å²) in [4.78, 5) is 40.1. The average Bonchev–Trinajstić information content (AvgIpc) is 3.14. The third kappa shape index (κ3) is 4.22. The molecule has 1 aromatic rings. The monoisotopic (exact) mass is 429 g/mol. The maximum absolute atomic E-state index is 13.1. The zero-order valence-electron chi connectivity index (χ0n) is 16.1. The number of nitrogens with one attached hydrogen (secondary N) is 1. The predicted molar refractivity (Wildman–Crippen MR) is 103 cm³/mol. The maximum atomic E-state index is 13.1. The van der Waals surface area contributed by atoms with E-state index in [9.17, 15) is 27.6 Å². The van der Waals surface area contributed by atoms with Gasteiger partial charge < -0.3 is 15.1 Å². The van der Waals surface area contributed by atoms with Crippen molar-refractivity contribution in [2.24, 2.45) is 0 Å². The second kappa shape index (κ2) is 7.89. The predicted octanol–water partition coefficient (Wildman–Crippen LogP) is 2.95. The molecule has 158 valence electrons. The first-order valence-corrected chi connectivity index (χ1v) is 10.3. The number of thioether (sulfide) groups is 1. The number of alkyl halides is 3. The van der Waals surface area contributed by atoms with Gasteiger partial charge in [0.2, 0.25) is 17.7 Å². The van der Waals surface area contributed by atoms with Crippen LogP contribution in [0.15, 0.2) is 24.3 Å². The van der Waals surface area contributed by atoms with E-state index in [1.54, 1.807) is 23.6 Å². The fourth-order valence-corrected chi connectivity index (χ4v) is 5.19. The number of fused-ring (bicyclic) bond motifs is 1. The summed E-state index contributed by atoms with van der Waals surface area (Å²) in [6.07, 6.45) is -3.55. The summed E-state index contributed by atoms with van der Waals surface area (Å²) in [7, 11) is 0. The van der Waals surface area contributed by atoms with Gasteiger partial charge in [-0.15, -0.1) is 11.8 Å². The van der Waals surface area contributed by atoms with Crippen LogP contribution in [0.4, 0.5) is 18.9 Å². The highest BCUT2D eigenvalue weighted by molar-refractivity contribution is 8.01. The van der Waals surface area contributed by atoms with Gasteiger partial charge in [0.1, 0.15) is 6.04 Å². The van der Waals surface area contributed by atoms with Crippen molar-refractivity contribution in [2.45, 2.75) is 43.8 Å². The lowest BCUT2D eigenvalue weighted by molar-refractivity contribution is -0.144. The molecule has 1 N–H and O–H groups in total. The molecule has 29 heavy (non-hydrogen) atoms. The van der Waals surface area contributed by atoms with E-state index in [1.807, 2.05) is 6.92 Å². The number of rotatable bonds is 5. The Labute approximate surface area is 170 Å². The van der Waals surface area contributed by atoms with Crippen molar-refractivity contribution in [3.8, 4) is 0 Å². The molecule has 3 amide bonds. The zero-order chi connectivity index (χ0) is 21.4. The largest absolute Gasteiger partial charge is 0.418 e. The number of likely N-dealkylation sites (N-methyl/N-ethyl adjacent to an activating group) is 1. The van der Waals surface area contributed by atoms with Crippen LogP contribution in [-0.4, -0.2) is 57.3 Å². The molecule has 2 heterocycles. The minimum atomic E-state index is -4.61. The number of carbonyl (C=O) groups excluding carboxylic acids is 3. The first kappa shape index (κ1) is 21.5. The molecule has 0 saturated carbocycles. The van der Waals surface area contributed by atoms with Crippen molar-refractivity contribution in [3.63, 3.8) is 0 Å². The smallest absolute Gasteiger partial charge is 0.332 e. The van der Waals surface area contributed by atoms with Crippen LogP contribution in [0.5, 0.6) is 0 Å². The number of amides is 3. The number of anilines is 1. The molecule has 10 heteroatoms. The van der Waals surface area contributed by atoms with Crippen LogP contribution in [0.25, 0.3) is 0 Å². The SMILES string of the molecule is CCN(CC(=O)Nc1ccccc1C(F)(F)F)C(=O)[C@@H]1CS[C@]2(C)CCC(=O)N12. The zero-order valence-corrected chi connectivity index (χ0v) is 16.9. The van der Waals surface area contributed by atoms with E-state index < -0.39 is 28.6 Å². The highest BCUT2D eigenvalue weighted by Crippen LogP contribution is 2.47. The van der Waals surface area contributed by atoms with Crippen molar-refractivity contribution in [2.75, 3.05) is 24.2 Å². The second-order valence-corrected chi connectivity index (χ2v) is 8.71. The lowest BCUT2D eigenvalue weighted by atomic mass is 10.1. The molecule has 0 bridgehead atoms. The summed E-state index contributed by atoms with van der Waals surface area (Å²) >= 11 is 1.54. The number of hydrogen-bond acceptors (Lipinski definition) is 4. The fourth-order valence-electron chi connectivity index (χ4n) is 3.76. The van der Waals surface area contributed by atoms with Crippen molar-refractivity contribution in [3.05, 3.63) is 29.8 Å². The molecule has 2 aliphatic heterocycles. The molecule has 3 rings (SSSR count). The maximum Gasteiger partial charge on any atom is 0.418 e. The lowest BCUT2D eigenvalue weighted by Gasteiger charge is -2.32. The topological polar surface area (TPSA) is 69.7 Å². The van der Waals surface area contributed by atoms with Crippen LogP contribution in [0.1, 0.15) is 32.3 Å². The molecule has 0 aromatic heterocycles. The standard InChI is InChI=1S/C19H22F3N3O3S/c1-3-24(17(28)14-11-29-18(2)9-8-16(27)25(14)18)10-15(26)23-13-7-5-4-6-12(13)19(20,21)22/h4-7,14H,3,8-11H2,1-2H3,(H,23,26)/t14-,18+/m0/s1. The Hall–Kier alpha value is -2.23. The first-order valence-electron chi connectivity index (χ1n) is 9.28. The minimum Gasteiger partial charge on any atom is -0.332 e. The van der Waals surface area contributed by atoms with E-state index in [0.29, 0.717) is 18.6 Å². The van der Waals surface area contributed by atoms with Crippen LogP contribution >= 0.6 is 11.8 Å². The highest BCUT2D eigenvalue weighted by Gasteiger charge is 2.53. The van der Waals surface area contributed by atoms with Crippen LogP contribution in [0, 0.1) is 0 Å². The normalized spacial score (nSPS) is 23.8. The molecule has 0 radical (unpaired) electrons. The van der Waals surface area contributed by atoms with Gasteiger partial charge in [-0.05, 0) is 32.4 Å². The number of nitrogens with zero attached hydrogens (tertiary/aromatic N) is 2. The van der Waals surface area contributed by atoms with Crippen LogP contribution in [0.3, 0.4) is 0 Å². The molecule has 0 unspecified atom stereocenters. The van der Waals surface area contributed by atoms with Crippen molar-refractivity contribution >= 4 is 35.2 Å². The Balaban J connectivity index is 1.70. The molecule has 6 nitrogen and oxygen atoms in total. The number of para-hydroxylation sites is 1. The van der Waals surface area contributed by atoms with Gasteiger partial charge >= 0.3 is 6.18 Å². The summed E-state index contributed by atoms with van der Waals surface area (Å²) < 4.78 is 39.3. The Bertz CT molecular complexity index is 832. The fraction of sp³-hybridized carbons (Fsp3) is 0.526. The number of carbonyl (C=O) groups is 3. The van der Waals surface area contributed by atoms with Gasteiger partial charge in [-0.2, -0.15) is 13.2 Å². The van der Waals surface area contributed by atoms with Gasteiger partial charge in [0.25, 0.3) is 0 Å². The van der Waals surface area contributed by atoms with Gasteiger partial charge in [0.15, 0.2) is 0 Å². The molecular weight excluding hydrogens is 407 g/mol. The van der Waals surface area contributed by atoms with Crippen LogP contribution < -0.4 is 5.32 Å². The molecule has 0 spiro atoms. The molecule has 2 fully saturated rings. The Morgan fingerprint density at radius 2 is 2.03 bits per heavy atom. The van der Waals surface area contributed by atoms with Crippen molar-refractivity contribution in [1.82, 2.24) is 9.80 Å². The second-order valence-electron chi connectivity index (χ2n) is 7.21. The summed E-state index contributed by atoms with van der Waals surface area (Å²) in [6, 6.07) is 4.02. The summed E-state index contributed by atoms with van der Waals surface area (Å²) in [6.45, 7) is 3.42.